The van der Waals surface area contributed by atoms with Crippen molar-refractivity contribution in [1.29, 1.82) is 0 Å². The van der Waals surface area contributed by atoms with Crippen molar-refractivity contribution in [2.75, 3.05) is 32.2 Å². The van der Waals surface area contributed by atoms with Crippen LogP contribution in [0.2, 0.25) is 0 Å². The second-order valence-corrected chi connectivity index (χ2v) is 7.01. The number of phenols is 1. The fourth-order valence-electron chi connectivity index (χ4n) is 3.56. The van der Waals surface area contributed by atoms with Gasteiger partial charge in [0, 0.05) is 26.6 Å². The average molecular weight is 398 g/mol. The van der Waals surface area contributed by atoms with E-state index in [1.54, 1.807) is 35.0 Å². The van der Waals surface area contributed by atoms with E-state index in [-0.39, 0.29) is 24.0 Å². The quantitative estimate of drug-likeness (QED) is 0.776. The first-order chi connectivity index (χ1) is 13.9. The molecule has 1 aliphatic rings. The molecule has 0 radical (unpaired) electrons. The molecule has 2 amide bonds. The normalized spacial score (nSPS) is 16.0. The highest BCUT2D eigenvalue weighted by Gasteiger charge is 2.37. The first-order valence-electron chi connectivity index (χ1n) is 9.57. The van der Waals surface area contributed by atoms with Gasteiger partial charge >= 0.3 is 0 Å². The Morgan fingerprint density at radius 1 is 1.24 bits per heavy atom. The summed E-state index contributed by atoms with van der Waals surface area (Å²) in [5, 5.41) is 9.93. The fraction of sp³-hybridized carbons (Fsp3) is 0.364. The summed E-state index contributed by atoms with van der Waals surface area (Å²) in [6.07, 6.45) is 0.164. The lowest BCUT2D eigenvalue weighted by atomic mass is 10.1. The smallest absolute Gasteiger partial charge is 0.228 e. The molecule has 154 valence electrons. The van der Waals surface area contributed by atoms with E-state index in [9.17, 15) is 14.7 Å². The van der Waals surface area contributed by atoms with E-state index in [1.807, 2.05) is 31.2 Å². The Morgan fingerprint density at radius 3 is 2.69 bits per heavy atom. The molecular formula is C22H26N2O5. The van der Waals surface area contributed by atoms with E-state index in [0.717, 1.165) is 5.56 Å². The van der Waals surface area contributed by atoms with E-state index < -0.39 is 5.92 Å². The predicted molar refractivity (Wildman–Crippen MR) is 109 cm³/mol. The molecule has 1 heterocycles. The molecule has 0 aliphatic carbocycles. The summed E-state index contributed by atoms with van der Waals surface area (Å²) in [6.45, 7) is 3.04. The summed E-state index contributed by atoms with van der Waals surface area (Å²) in [7, 11) is 3.18. The number of ether oxygens (including phenoxy) is 2. The Kier molecular flexibility index (Phi) is 6.26. The standard InChI is InChI=1S/C22H26N2O5/c1-4-29-19-8-6-5-7-17(19)24-14-16(12-21(24)26)22(27)23(2)13-15-9-10-20(28-3)18(25)11-15/h5-11,16,25H,4,12-14H2,1-3H3/t16-/m0/s1. The minimum atomic E-state index is -0.422. The number of carbonyl (C=O) groups excluding carboxylic acids is 2. The average Bonchev–Trinajstić information content (AvgIpc) is 3.09. The van der Waals surface area contributed by atoms with Gasteiger partial charge in [-0.25, -0.2) is 0 Å². The van der Waals surface area contributed by atoms with Crippen molar-refractivity contribution < 1.29 is 24.2 Å². The maximum atomic E-state index is 12.9. The van der Waals surface area contributed by atoms with Crippen LogP contribution in [0, 0.1) is 5.92 Å². The minimum absolute atomic E-state index is 0.0283. The molecule has 3 rings (SSSR count). The zero-order valence-corrected chi connectivity index (χ0v) is 16.9. The minimum Gasteiger partial charge on any atom is -0.504 e. The van der Waals surface area contributed by atoms with Crippen LogP contribution in [0.3, 0.4) is 0 Å². The number of phenolic OH excluding ortho intramolecular Hbond substituents is 1. The van der Waals surface area contributed by atoms with Crippen LogP contribution in [0.15, 0.2) is 42.5 Å². The van der Waals surface area contributed by atoms with Gasteiger partial charge < -0.3 is 24.4 Å². The fourth-order valence-corrected chi connectivity index (χ4v) is 3.56. The van der Waals surface area contributed by atoms with Gasteiger partial charge in [-0.15, -0.1) is 0 Å². The van der Waals surface area contributed by atoms with Gasteiger partial charge in [0.1, 0.15) is 5.75 Å². The van der Waals surface area contributed by atoms with E-state index >= 15 is 0 Å². The predicted octanol–water partition coefficient (Wildman–Crippen LogP) is 2.81. The van der Waals surface area contributed by atoms with Crippen LogP contribution in [0.5, 0.6) is 17.2 Å². The Bertz CT molecular complexity index is 899. The van der Waals surface area contributed by atoms with Crippen LogP contribution in [0.25, 0.3) is 0 Å². The first-order valence-corrected chi connectivity index (χ1v) is 9.57. The second kappa shape index (κ2) is 8.86. The van der Waals surface area contributed by atoms with Crippen molar-refractivity contribution in [3.8, 4) is 17.2 Å². The molecule has 0 bridgehead atoms. The molecule has 1 saturated heterocycles. The van der Waals surface area contributed by atoms with Gasteiger partial charge in [0.15, 0.2) is 11.5 Å². The number of aromatic hydroxyl groups is 1. The van der Waals surface area contributed by atoms with Crippen LogP contribution in [-0.4, -0.2) is 49.1 Å². The number of amides is 2. The van der Waals surface area contributed by atoms with E-state index in [0.29, 0.717) is 36.9 Å². The van der Waals surface area contributed by atoms with Crippen molar-refractivity contribution in [1.82, 2.24) is 4.90 Å². The lowest BCUT2D eigenvalue weighted by Gasteiger charge is -2.22. The van der Waals surface area contributed by atoms with Gasteiger partial charge in [0.05, 0.1) is 25.3 Å². The molecule has 0 saturated carbocycles. The Labute approximate surface area is 170 Å². The molecule has 29 heavy (non-hydrogen) atoms. The van der Waals surface area contributed by atoms with Crippen LogP contribution in [0.1, 0.15) is 18.9 Å². The lowest BCUT2D eigenvalue weighted by molar-refractivity contribution is -0.135. The lowest BCUT2D eigenvalue weighted by Crippen LogP contribution is -2.34. The zero-order valence-electron chi connectivity index (χ0n) is 16.9. The number of nitrogens with zero attached hydrogens (tertiary/aromatic N) is 2. The summed E-state index contributed by atoms with van der Waals surface area (Å²) < 4.78 is 10.7. The number of hydrogen-bond acceptors (Lipinski definition) is 5. The largest absolute Gasteiger partial charge is 0.504 e. The molecule has 2 aromatic rings. The highest BCUT2D eigenvalue weighted by Crippen LogP contribution is 2.34. The molecule has 1 fully saturated rings. The van der Waals surface area contributed by atoms with Gasteiger partial charge in [-0.05, 0) is 36.8 Å². The Morgan fingerprint density at radius 2 is 2.00 bits per heavy atom. The van der Waals surface area contributed by atoms with Crippen LogP contribution < -0.4 is 14.4 Å². The van der Waals surface area contributed by atoms with Gasteiger partial charge in [0.25, 0.3) is 0 Å². The maximum Gasteiger partial charge on any atom is 0.228 e. The van der Waals surface area contributed by atoms with Gasteiger partial charge in [0.2, 0.25) is 11.8 Å². The van der Waals surface area contributed by atoms with Crippen molar-refractivity contribution in [2.45, 2.75) is 19.9 Å². The van der Waals surface area contributed by atoms with E-state index in [2.05, 4.69) is 0 Å². The van der Waals surface area contributed by atoms with Crippen molar-refractivity contribution >= 4 is 17.5 Å². The van der Waals surface area contributed by atoms with E-state index in [4.69, 9.17) is 9.47 Å². The molecule has 0 unspecified atom stereocenters. The Hall–Kier alpha value is -3.22. The molecule has 0 aromatic heterocycles. The third kappa shape index (κ3) is 4.45. The molecule has 1 N–H and O–H groups in total. The molecule has 0 spiro atoms. The van der Waals surface area contributed by atoms with Crippen molar-refractivity contribution in [2.24, 2.45) is 5.92 Å². The molecule has 1 atom stereocenters. The summed E-state index contributed by atoms with van der Waals surface area (Å²) in [4.78, 5) is 28.7. The summed E-state index contributed by atoms with van der Waals surface area (Å²) in [5.41, 5.74) is 1.47. The monoisotopic (exact) mass is 398 g/mol. The van der Waals surface area contributed by atoms with Crippen LogP contribution in [-0.2, 0) is 16.1 Å². The van der Waals surface area contributed by atoms with Crippen LogP contribution in [0.4, 0.5) is 5.69 Å². The zero-order chi connectivity index (χ0) is 21.0. The SMILES string of the molecule is CCOc1ccccc1N1C[C@@H](C(=O)N(C)Cc2ccc(OC)c(O)c2)CC1=O. The summed E-state index contributed by atoms with van der Waals surface area (Å²) >= 11 is 0. The van der Waals surface area contributed by atoms with Crippen molar-refractivity contribution in [3.63, 3.8) is 0 Å². The van der Waals surface area contributed by atoms with Crippen molar-refractivity contribution in [3.05, 3.63) is 48.0 Å². The molecular weight excluding hydrogens is 372 g/mol. The van der Waals surface area contributed by atoms with Crippen LogP contribution >= 0.6 is 0 Å². The summed E-state index contributed by atoms with van der Waals surface area (Å²) in [6, 6.07) is 12.4. The van der Waals surface area contributed by atoms with E-state index in [1.165, 1.54) is 7.11 Å². The maximum absolute atomic E-state index is 12.9. The summed E-state index contributed by atoms with van der Waals surface area (Å²) in [5.74, 6) is 0.428. The molecule has 2 aromatic carbocycles. The number of hydrogen-bond donors (Lipinski definition) is 1. The number of benzene rings is 2. The topological polar surface area (TPSA) is 79.3 Å². The number of anilines is 1. The third-order valence-corrected chi connectivity index (χ3v) is 4.97. The van der Waals surface area contributed by atoms with Gasteiger partial charge in [-0.2, -0.15) is 0 Å². The highest BCUT2D eigenvalue weighted by atomic mass is 16.5. The first kappa shape index (κ1) is 20.5. The molecule has 7 heteroatoms. The second-order valence-electron chi connectivity index (χ2n) is 7.01. The highest BCUT2D eigenvalue weighted by molar-refractivity contribution is 6.01. The van der Waals surface area contributed by atoms with Gasteiger partial charge in [-0.1, -0.05) is 18.2 Å². The molecule has 7 nitrogen and oxygen atoms in total. The Balaban J connectivity index is 1.69. The van der Waals surface area contributed by atoms with Gasteiger partial charge in [-0.3, -0.25) is 9.59 Å². The number of carbonyl (C=O) groups is 2. The number of methoxy groups -OCH3 is 1. The number of rotatable bonds is 7. The number of para-hydroxylation sites is 2. The molecule has 1 aliphatic heterocycles. The third-order valence-electron chi connectivity index (χ3n) is 4.97.